The van der Waals surface area contributed by atoms with Gasteiger partial charge in [0.25, 0.3) is 5.56 Å². The van der Waals surface area contributed by atoms with Gasteiger partial charge >= 0.3 is 0 Å². The van der Waals surface area contributed by atoms with Crippen LogP contribution < -0.4 is 11.3 Å². The Balaban J connectivity index is 2.02. The Morgan fingerprint density at radius 2 is 2.11 bits per heavy atom. The molecule has 0 unspecified atom stereocenters. The topological polar surface area (TPSA) is 113 Å². The molecule has 7 nitrogen and oxygen atoms in total. The number of nitrogens with zero attached hydrogens (tertiary/aromatic N) is 4. The highest BCUT2D eigenvalue weighted by Gasteiger charge is 2.20. The molecule has 3 N–H and O–H groups in total. The summed E-state index contributed by atoms with van der Waals surface area (Å²) < 4.78 is 16.2. The van der Waals surface area contributed by atoms with E-state index in [1.807, 2.05) is 6.07 Å². The monoisotopic (exact) mass is 374 g/mol. The van der Waals surface area contributed by atoms with E-state index in [4.69, 9.17) is 5.73 Å². The lowest BCUT2D eigenvalue weighted by molar-refractivity contribution is 0.627. The molecule has 0 aliphatic rings. The van der Waals surface area contributed by atoms with Gasteiger partial charge in [0, 0.05) is 24.5 Å². The maximum absolute atomic E-state index is 14.6. The molecule has 0 radical (unpaired) electrons. The number of H-pyrrole nitrogens is 1. The maximum atomic E-state index is 14.6. The molecule has 4 rings (SSSR count). The Morgan fingerprint density at radius 1 is 1.29 bits per heavy atom. The second-order valence-electron chi connectivity index (χ2n) is 6.27. The molecule has 0 atom stereocenters. The predicted molar refractivity (Wildman–Crippen MR) is 103 cm³/mol. The van der Waals surface area contributed by atoms with Crippen LogP contribution in [0.15, 0.2) is 47.4 Å². The largest absolute Gasteiger partial charge is 0.325 e. The van der Waals surface area contributed by atoms with E-state index in [1.54, 1.807) is 37.5 Å². The van der Waals surface area contributed by atoms with Crippen LogP contribution in [-0.2, 0) is 13.6 Å². The Morgan fingerprint density at radius 3 is 2.86 bits per heavy atom. The van der Waals surface area contributed by atoms with Crippen molar-refractivity contribution in [3.8, 4) is 28.5 Å². The zero-order chi connectivity index (χ0) is 19.8. The summed E-state index contributed by atoms with van der Waals surface area (Å²) in [6.07, 6.45) is 1.60. The third-order valence-corrected chi connectivity index (χ3v) is 4.68. The fraction of sp³-hybridized carbons (Fsp3) is 0.100. The summed E-state index contributed by atoms with van der Waals surface area (Å²) in [4.78, 5) is 12.1. The zero-order valence-electron chi connectivity index (χ0n) is 14.9. The first-order valence-corrected chi connectivity index (χ1v) is 8.48. The molecule has 0 fully saturated rings. The Kier molecular flexibility index (Phi) is 4.22. The van der Waals surface area contributed by atoms with E-state index in [9.17, 15) is 14.4 Å². The van der Waals surface area contributed by atoms with Gasteiger partial charge in [0.15, 0.2) is 0 Å². The molecule has 2 heterocycles. The van der Waals surface area contributed by atoms with E-state index in [-0.39, 0.29) is 23.2 Å². The first-order valence-electron chi connectivity index (χ1n) is 8.48. The van der Waals surface area contributed by atoms with E-state index in [0.717, 1.165) is 0 Å². The molecule has 4 aromatic rings. The van der Waals surface area contributed by atoms with E-state index >= 15 is 0 Å². The molecule has 0 saturated heterocycles. The molecule has 138 valence electrons. The van der Waals surface area contributed by atoms with Gasteiger partial charge in [0.05, 0.1) is 40.2 Å². The van der Waals surface area contributed by atoms with Crippen molar-refractivity contribution >= 4 is 10.8 Å². The van der Waals surface area contributed by atoms with Crippen molar-refractivity contribution in [2.24, 2.45) is 12.8 Å². The van der Waals surface area contributed by atoms with Crippen molar-refractivity contribution in [3.63, 3.8) is 0 Å². The van der Waals surface area contributed by atoms with Gasteiger partial charge in [0.1, 0.15) is 5.82 Å². The summed E-state index contributed by atoms with van der Waals surface area (Å²) in [6, 6.07) is 11.6. The van der Waals surface area contributed by atoms with Gasteiger partial charge in [-0.2, -0.15) is 15.5 Å². The third-order valence-electron chi connectivity index (χ3n) is 4.68. The quantitative estimate of drug-likeness (QED) is 0.572. The molecular formula is C20H15FN6O. The number of rotatable bonds is 3. The molecule has 8 heteroatoms. The van der Waals surface area contributed by atoms with E-state index in [0.29, 0.717) is 33.3 Å². The fourth-order valence-corrected chi connectivity index (χ4v) is 3.35. The Hall–Kier alpha value is -3.83. The van der Waals surface area contributed by atoms with Crippen molar-refractivity contribution in [2.45, 2.75) is 6.54 Å². The van der Waals surface area contributed by atoms with Crippen LogP contribution in [0.25, 0.3) is 33.2 Å². The third kappa shape index (κ3) is 2.66. The van der Waals surface area contributed by atoms with E-state index in [1.165, 1.54) is 16.8 Å². The lowest BCUT2D eigenvalue weighted by Crippen LogP contribution is -2.13. The van der Waals surface area contributed by atoms with Crippen molar-refractivity contribution in [3.05, 3.63) is 70.0 Å². The van der Waals surface area contributed by atoms with Crippen molar-refractivity contribution in [2.75, 3.05) is 0 Å². The standard InChI is InChI=1S/C20H15FN6O/c1-27-19(18-12(8-22)3-2-4-16(18)21)15(10-24-27)11-5-6-13-14(7-11)17(9-23)25-26-20(13)28/h2-7,10H,9,23H2,1H3,(H,26,28). The molecule has 2 aromatic heterocycles. The maximum Gasteiger partial charge on any atom is 0.272 e. The first-order chi connectivity index (χ1) is 13.5. The van der Waals surface area contributed by atoms with Crippen molar-refractivity contribution in [1.29, 1.82) is 5.26 Å². The summed E-state index contributed by atoms with van der Waals surface area (Å²) in [5, 5.41) is 21.2. The molecule has 0 amide bonds. The van der Waals surface area contributed by atoms with Crippen molar-refractivity contribution in [1.82, 2.24) is 20.0 Å². The number of aromatic nitrogens is 4. The van der Waals surface area contributed by atoms with Crippen LogP contribution in [-0.4, -0.2) is 20.0 Å². The molecular weight excluding hydrogens is 359 g/mol. The highest BCUT2D eigenvalue weighted by atomic mass is 19.1. The summed E-state index contributed by atoms with van der Waals surface area (Å²) in [5.41, 5.74) is 8.20. The Labute approximate surface area is 158 Å². The van der Waals surface area contributed by atoms with Gasteiger partial charge < -0.3 is 5.73 Å². The summed E-state index contributed by atoms with van der Waals surface area (Å²) in [6.45, 7) is 0.155. The normalized spacial score (nSPS) is 10.9. The lowest BCUT2D eigenvalue weighted by Gasteiger charge is -2.11. The summed E-state index contributed by atoms with van der Waals surface area (Å²) in [7, 11) is 1.69. The lowest BCUT2D eigenvalue weighted by atomic mass is 9.96. The zero-order valence-corrected chi connectivity index (χ0v) is 14.9. The van der Waals surface area contributed by atoms with Gasteiger partial charge in [0.2, 0.25) is 0 Å². The van der Waals surface area contributed by atoms with Crippen LogP contribution in [0.5, 0.6) is 0 Å². The fourth-order valence-electron chi connectivity index (χ4n) is 3.35. The predicted octanol–water partition coefficient (Wildman–Crippen LogP) is 2.46. The number of hydrogen-bond acceptors (Lipinski definition) is 5. The average Bonchev–Trinajstić information content (AvgIpc) is 3.09. The van der Waals surface area contributed by atoms with Crippen LogP contribution in [0.1, 0.15) is 11.3 Å². The molecule has 0 aliphatic carbocycles. The molecule has 0 spiro atoms. The van der Waals surface area contributed by atoms with Gasteiger partial charge in [-0.3, -0.25) is 9.48 Å². The van der Waals surface area contributed by atoms with Crippen LogP contribution in [0.4, 0.5) is 4.39 Å². The van der Waals surface area contributed by atoms with Crippen LogP contribution in [0.3, 0.4) is 0 Å². The highest BCUT2D eigenvalue weighted by molar-refractivity contribution is 5.91. The van der Waals surface area contributed by atoms with Crippen LogP contribution in [0.2, 0.25) is 0 Å². The number of nitrogens with two attached hydrogens (primary N) is 1. The number of aryl methyl sites for hydroxylation is 1. The number of hydrogen-bond donors (Lipinski definition) is 2. The molecule has 0 aliphatic heterocycles. The van der Waals surface area contributed by atoms with Crippen molar-refractivity contribution < 1.29 is 4.39 Å². The minimum atomic E-state index is -0.509. The highest BCUT2D eigenvalue weighted by Crippen LogP contribution is 2.36. The first kappa shape index (κ1) is 17.6. The second-order valence-corrected chi connectivity index (χ2v) is 6.27. The summed E-state index contributed by atoms with van der Waals surface area (Å²) >= 11 is 0. The minimum absolute atomic E-state index is 0.155. The average molecular weight is 374 g/mol. The second kappa shape index (κ2) is 6.72. The number of nitriles is 1. The van der Waals surface area contributed by atoms with Gasteiger partial charge in [-0.05, 0) is 29.8 Å². The molecule has 0 saturated carbocycles. The number of nitrogens with one attached hydrogen (secondary N) is 1. The number of benzene rings is 2. The number of aromatic amines is 1. The molecule has 28 heavy (non-hydrogen) atoms. The van der Waals surface area contributed by atoms with Crippen LogP contribution in [0, 0.1) is 17.1 Å². The smallest absolute Gasteiger partial charge is 0.272 e. The SMILES string of the molecule is Cn1ncc(-c2ccc3c(=O)[nH]nc(CN)c3c2)c1-c1c(F)cccc1C#N. The van der Waals surface area contributed by atoms with Gasteiger partial charge in [-0.25, -0.2) is 9.49 Å². The molecule has 2 aromatic carbocycles. The van der Waals surface area contributed by atoms with E-state index in [2.05, 4.69) is 15.3 Å². The summed E-state index contributed by atoms with van der Waals surface area (Å²) in [5.74, 6) is -0.509. The number of halogens is 1. The number of fused-ring (bicyclic) bond motifs is 1. The van der Waals surface area contributed by atoms with Crippen LogP contribution >= 0.6 is 0 Å². The van der Waals surface area contributed by atoms with E-state index < -0.39 is 5.82 Å². The Bertz CT molecular complexity index is 1310. The van der Waals surface area contributed by atoms with Gasteiger partial charge in [-0.15, -0.1) is 0 Å². The minimum Gasteiger partial charge on any atom is -0.325 e. The van der Waals surface area contributed by atoms with Gasteiger partial charge in [-0.1, -0.05) is 12.1 Å². The molecule has 0 bridgehead atoms.